The van der Waals surface area contributed by atoms with Crippen molar-refractivity contribution in [3.8, 4) is 56.2 Å². The maximum Gasteiger partial charge on any atom is 0.226 e. The van der Waals surface area contributed by atoms with Crippen molar-refractivity contribution in [2.45, 2.75) is 0 Å². The predicted octanol–water partition coefficient (Wildman–Crippen LogP) is 12.4. The van der Waals surface area contributed by atoms with Crippen LogP contribution in [0.25, 0.3) is 87.1 Å². The SMILES string of the molecule is Clc1nc(-c2ccc(-c3cccc(-c4cccc5sc6ccccc6c45)c3)cc2)nc(-c2cccc3c(-c4ccccc4)cccc23)n1. The van der Waals surface area contributed by atoms with Gasteiger partial charge >= 0.3 is 0 Å². The third-order valence-electron chi connectivity index (χ3n) is 8.91. The second-order valence-corrected chi connectivity index (χ2v) is 13.2. The van der Waals surface area contributed by atoms with Gasteiger partial charge in [-0.2, -0.15) is 9.97 Å². The fourth-order valence-corrected chi connectivity index (χ4v) is 7.96. The van der Waals surface area contributed by atoms with Crippen LogP contribution in [0.1, 0.15) is 0 Å². The molecule has 0 spiro atoms. The van der Waals surface area contributed by atoms with Crippen molar-refractivity contribution in [1.29, 1.82) is 0 Å². The van der Waals surface area contributed by atoms with E-state index in [1.165, 1.54) is 31.3 Å². The van der Waals surface area contributed by atoms with E-state index < -0.39 is 0 Å². The van der Waals surface area contributed by atoms with E-state index in [2.05, 4.69) is 149 Å². The summed E-state index contributed by atoms with van der Waals surface area (Å²) < 4.78 is 2.62. The van der Waals surface area contributed by atoms with Crippen LogP contribution in [0.5, 0.6) is 0 Å². The van der Waals surface area contributed by atoms with Crippen molar-refractivity contribution < 1.29 is 0 Å². The molecule has 226 valence electrons. The Morgan fingerprint density at radius 2 is 0.958 bits per heavy atom. The van der Waals surface area contributed by atoms with Crippen molar-refractivity contribution in [3.05, 3.63) is 163 Å². The summed E-state index contributed by atoms with van der Waals surface area (Å²) in [7, 11) is 0. The van der Waals surface area contributed by atoms with E-state index in [4.69, 9.17) is 16.6 Å². The highest BCUT2D eigenvalue weighted by molar-refractivity contribution is 7.25. The molecule has 0 aliphatic carbocycles. The van der Waals surface area contributed by atoms with Crippen molar-refractivity contribution in [1.82, 2.24) is 15.0 Å². The lowest BCUT2D eigenvalue weighted by molar-refractivity contribution is 1.07. The van der Waals surface area contributed by atoms with Crippen molar-refractivity contribution >= 4 is 53.9 Å². The minimum Gasteiger partial charge on any atom is -0.208 e. The van der Waals surface area contributed by atoms with Gasteiger partial charge in [-0.15, -0.1) is 11.3 Å². The lowest BCUT2D eigenvalue weighted by Crippen LogP contribution is -1.98. The number of hydrogen-bond acceptors (Lipinski definition) is 4. The molecule has 0 fully saturated rings. The molecule has 0 radical (unpaired) electrons. The van der Waals surface area contributed by atoms with Crippen molar-refractivity contribution in [2.75, 3.05) is 0 Å². The van der Waals surface area contributed by atoms with E-state index in [1.54, 1.807) is 0 Å². The molecule has 48 heavy (non-hydrogen) atoms. The van der Waals surface area contributed by atoms with Gasteiger partial charge in [0.1, 0.15) is 0 Å². The van der Waals surface area contributed by atoms with Crippen molar-refractivity contribution in [3.63, 3.8) is 0 Å². The highest BCUT2D eigenvalue weighted by Gasteiger charge is 2.15. The zero-order valence-corrected chi connectivity index (χ0v) is 27.2. The molecule has 2 aromatic heterocycles. The summed E-state index contributed by atoms with van der Waals surface area (Å²) in [4.78, 5) is 14.0. The number of benzene rings is 7. The lowest BCUT2D eigenvalue weighted by Gasteiger charge is -2.11. The van der Waals surface area contributed by atoms with Gasteiger partial charge in [0.15, 0.2) is 11.6 Å². The minimum atomic E-state index is 0.165. The first-order valence-corrected chi connectivity index (χ1v) is 17.0. The normalized spacial score (nSPS) is 11.4. The maximum atomic E-state index is 6.54. The van der Waals surface area contributed by atoms with E-state index in [0.29, 0.717) is 11.6 Å². The molecule has 2 heterocycles. The van der Waals surface area contributed by atoms with Gasteiger partial charge in [-0.1, -0.05) is 140 Å². The first-order chi connectivity index (χ1) is 23.7. The van der Waals surface area contributed by atoms with E-state index in [0.717, 1.165) is 44.2 Å². The Morgan fingerprint density at radius 1 is 0.375 bits per heavy atom. The molecule has 0 saturated carbocycles. The second kappa shape index (κ2) is 11.8. The summed E-state index contributed by atoms with van der Waals surface area (Å²) in [6.45, 7) is 0. The molecule has 0 unspecified atom stereocenters. The van der Waals surface area contributed by atoms with E-state index in [-0.39, 0.29) is 5.28 Å². The summed E-state index contributed by atoms with van der Waals surface area (Å²) in [6.07, 6.45) is 0. The van der Waals surface area contributed by atoms with Crippen molar-refractivity contribution in [2.24, 2.45) is 0 Å². The van der Waals surface area contributed by atoms with Crippen LogP contribution in [0.3, 0.4) is 0 Å². The van der Waals surface area contributed by atoms with Crippen LogP contribution in [0.15, 0.2) is 158 Å². The molecule has 0 saturated heterocycles. The molecule has 0 aliphatic rings. The Bertz CT molecular complexity index is 2630. The summed E-state index contributed by atoms with van der Waals surface area (Å²) in [6, 6.07) is 55.4. The molecule has 0 N–H and O–H groups in total. The Hall–Kier alpha value is -5.68. The number of hydrogen-bond donors (Lipinski definition) is 0. The summed E-state index contributed by atoms with van der Waals surface area (Å²) in [5, 5.41) is 4.98. The number of nitrogens with zero attached hydrogens (tertiary/aromatic N) is 3. The Labute approximate surface area is 286 Å². The van der Waals surface area contributed by atoms with E-state index in [1.807, 2.05) is 29.5 Å². The smallest absolute Gasteiger partial charge is 0.208 e. The van der Waals surface area contributed by atoms with Gasteiger partial charge in [0.2, 0.25) is 5.28 Å². The highest BCUT2D eigenvalue weighted by Crippen LogP contribution is 2.41. The molecule has 5 heteroatoms. The molecular formula is C43H26ClN3S. The van der Waals surface area contributed by atoms with Crippen LogP contribution in [-0.2, 0) is 0 Å². The number of halogens is 1. The Kier molecular flexibility index (Phi) is 7.04. The third kappa shape index (κ3) is 5.03. The van der Waals surface area contributed by atoms with Crippen LogP contribution in [0.2, 0.25) is 5.28 Å². The molecule has 9 rings (SSSR count). The zero-order valence-electron chi connectivity index (χ0n) is 25.6. The molecule has 0 amide bonds. The third-order valence-corrected chi connectivity index (χ3v) is 10.2. The van der Waals surface area contributed by atoms with Crippen LogP contribution in [-0.4, -0.2) is 15.0 Å². The first-order valence-electron chi connectivity index (χ1n) is 15.8. The van der Waals surface area contributed by atoms with Gasteiger partial charge in [0, 0.05) is 31.3 Å². The molecule has 9 aromatic rings. The Balaban J connectivity index is 1.07. The van der Waals surface area contributed by atoms with Crippen LogP contribution in [0.4, 0.5) is 0 Å². The fraction of sp³-hybridized carbons (Fsp3) is 0. The standard InChI is InChI=1S/C43H26ClN3S/c44-43-46-41(45-42(47-43)36-19-8-17-34-32(15-7-18-35(34)36)28-10-2-1-3-11-28)29-24-22-27(23-25-29)30-12-6-13-31(26-30)33-16-9-21-39-40(33)37-14-4-5-20-38(37)48-39/h1-26H. The van der Waals surface area contributed by atoms with Gasteiger partial charge in [-0.25, -0.2) is 4.98 Å². The van der Waals surface area contributed by atoms with E-state index >= 15 is 0 Å². The largest absolute Gasteiger partial charge is 0.226 e. The number of thiophene rings is 1. The molecule has 0 aliphatic heterocycles. The Morgan fingerprint density at radius 3 is 1.81 bits per heavy atom. The monoisotopic (exact) mass is 651 g/mol. The van der Waals surface area contributed by atoms with Crippen LogP contribution >= 0.6 is 22.9 Å². The van der Waals surface area contributed by atoms with Crippen LogP contribution < -0.4 is 0 Å². The minimum absolute atomic E-state index is 0.165. The predicted molar refractivity (Wildman–Crippen MR) is 202 cm³/mol. The lowest BCUT2D eigenvalue weighted by atomic mass is 9.95. The average molecular weight is 652 g/mol. The fourth-order valence-electron chi connectivity index (χ4n) is 6.67. The molecular weight excluding hydrogens is 626 g/mol. The molecule has 0 bridgehead atoms. The van der Waals surface area contributed by atoms with Gasteiger partial charge in [0.25, 0.3) is 0 Å². The number of aromatic nitrogens is 3. The second-order valence-electron chi connectivity index (χ2n) is 11.8. The zero-order chi connectivity index (χ0) is 32.0. The summed E-state index contributed by atoms with van der Waals surface area (Å²) in [5.41, 5.74) is 8.83. The summed E-state index contributed by atoms with van der Waals surface area (Å²) in [5.74, 6) is 1.09. The van der Waals surface area contributed by atoms with Gasteiger partial charge in [-0.05, 0) is 74.0 Å². The average Bonchev–Trinajstić information content (AvgIpc) is 3.54. The summed E-state index contributed by atoms with van der Waals surface area (Å²) >= 11 is 8.38. The highest BCUT2D eigenvalue weighted by atomic mass is 35.5. The quantitative estimate of drug-likeness (QED) is 0.186. The molecule has 3 nitrogen and oxygen atoms in total. The number of fused-ring (bicyclic) bond motifs is 4. The molecule has 0 atom stereocenters. The first kappa shape index (κ1) is 28.5. The maximum absolute atomic E-state index is 6.54. The van der Waals surface area contributed by atoms with E-state index in [9.17, 15) is 0 Å². The topological polar surface area (TPSA) is 38.7 Å². The number of rotatable bonds is 5. The van der Waals surface area contributed by atoms with Crippen LogP contribution in [0, 0.1) is 0 Å². The van der Waals surface area contributed by atoms with Gasteiger partial charge in [-0.3, -0.25) is 0 Å². The molecule has 7 aromatic carbocycles. The van der Waals surface area contributed by atoms with Gasteiger partial charge < -0.3 is 0 Å². The van der Waals surface area contributed by atoms with Gasteiger partial charge in [0.05, 0.1) is 0 Å².